The van der Waals surface area contributed by atoms with Crippen molar-refractivity contribution in [2.75, 3.05) is 33.0 Å². The lowest BCUT2D eigenvalue weighted by atomic mass is 10.4. The molecule has 94 valence electrons. The van der Waals surface area contributed by atoms with E-state index in [1.165, 1.54) is 0 Å². The van der Waals surface area contributed by atoms with E-state index in [9.17, 15) is 9.59 Å². The van der Waals surface area contributed by atoms with Crippen molar-refractivity contribution < 1.29 is 24.2 Å². The van der Waals surface area contributed by atoms with Crippen LogP contribution in [0.15, 0.2) is 0 Å². The maximum absolute atomic E-state index is 10.6. The number of hydrogen-bond acceptors (Lipinski definition) is 5. The third kappa shape index (κ3) is 10.7. The number of nitrogens with one attached hydrogen (secondary N) is 2. The Kier molecular flexibility index (Phi) is 9.27. The summed E-state index contributed by atoms with van der Waals surface area (Å²) >= 11 is 0. The number of hydrogen-bond donors (Lipinski definition) is 4. The maximum atomic E-state index is 10.6. The summed E-state index contributed by atoms with van der Waals surface area (Å²) in [4.78, 5) is 20.7. The molecular formula is C8H17N3O5. The minimum absolute atomic E-state index is 0.205. The number of amides is 2. The van der Waals surface area contributed by atoms with E-state index in [1.54, 1.807) is 0 Å². The number of nitrogens with two attached hydrogens (primary N) is 1. The molecule has 0 rings (SSSR count). The monoisotopic (exact) mass is 235 g/mol. The van der Waals surface area contributed by atoms with Gasteiger partial charge in [-0.2, -0.15) is 0 Å². The van der Waals surface area contributed by atoms with Crippen molar-refractivity contribution in [1.82, 2.24) is 10.7 Å². The van der Waals surface area contributed by atoms with Crippen molar-refractivity contribution in [3.8, 4) is 0 Å². The highest BCUT2D eigenvalue weighted by Crippen LogP contribution is 1.83. The van der Waals surface area contributed by atoms with Crippen molar-refractivity contribution >= 4 is 12.0 Å². The Balaban J connectivity index is 3.04. The molecule has 0 aliphatic rings. The number of carbonyl (C=O) groups excluding carboxylic acids is 1. The summed E-state index contributed by atoms with van der Waals surface area (Å²) in [6.07, 6.45) is -0.871. The predicted molar refractivity (Wildman–Crippen MR) is 54.6 cm³/mol. The average molecular weight is 235 g/mol. The molecule has 0 aromatic rings. The lowest BCUT2D eigenvalue weighted by molar-refractivity contribution is -0.122. The summed E-state index contributed by atoms with van der Waals surface area (Å²) in [7, 11) is 0. The van der Waals surface area contributed by atoms with Crippen LogP contribution in [0.4, 0.5) is 4.79 Å². The fraction of sp³-hybridized carbons (Fsp3) is 0.750. The Morgan fingerprint density at radius 1 is 1.12 bits per heavy atom. The van der Waals surface area contributed by atoms with Crippen molar-refractivity contribution in [2.45, 2.75) is 6.42 Å². The van der Waals surface area contributed by atoms with E-state index in [1.807, 2.05) is 5.43 Å². The van der Waals surface area contributed by atoms with E-state index in [2.05, 4.69) is 5.32 Å². The van der Waals surface area contributed by atoms with Gasteiger partial charge in [-0.1, -0.05) is 0 Å². The van der Waals surface area contributed by atoms with Gasteiger partial charge in [0.15, 0.2) is 0 Å². The van der Waals surface area contributed by atoms with Gasteiger partial charge in [0.2, 0.25) is 5.91 Å². The van der Waals surface area contributed by atoms with Gasteiger partial charge in [0, 0.05) is 6.54 Å². The van der Waals surface area contributed by atoms with Gasteiger partial charge < -0.3 is 19.9 Å². The molecule has 2 amide bonds. The van der Waals surface area contributed by atoms with Crippen LogP contribution in [0.1, 0.15) is 6.42 Å². The van der Waals surface area contributed by atoms with Crippen LogP contribution in [0.25, 0.3) is 0 Å². The van der Waals surface area contributed by atoms with Crippen molar-refractivity contribution in [3.05, 3.63) is 0 Å². The maximum Gasteiger partial charge on any atom is 0.404 e. The first-order valence-electron chi connectivity index (χ1n) is 4.78. The van der Waals surface area contributed by atoms with Gasteiger partial charge in [-0.3, -0.25) is 10.2 Å². The Morgan fingerprint density at radius 3 is 2.31 bits per heavy atom. The lowest BCUT2D eigenvalue weighted by Crippen LogP contribution is -2.30. The molecule has 0 aromatic heterocycles. The van der Waals surface area contributed by atoms with Crippen molar-refractivity contribution in [2.24, 2.45) is 5.84 Å². The first kappa shape index (κ1) is 14.6. The van der Waals surface area contributed by atoms with E-state index in [4.69, 9.17) is 20.4 Å². The molecule has 0 saturated heterocycles. The minimum Gasteiger partial charge on any atom is -0.465 e. The van der Waals surface area contributed by atoms with E-state index in [0.717, 1.165) is 0 Å². The zero-order valence-corrected chi connectivity index (χ0v) is 8.90. The predicted octanol–water partition coefficient (Wildman–Crippen LogP) is -1.33. The molecule has 0 fully saturated rings. The largest absolute Gasteiger partial charge is 0.465 e. The van der Waals surface area contributed by atoms with Gasteiger partial charge in [-0.25, -0.2) is 10.6 Å². The highest BCUT2D eigenvalue weighted by Gasteiger charge is 1.97. The van der Waals surface area contributed by atoms with Crippen LogP contribution >= 0.6 is 0 Å². The molecule has 0 heterocycles. The van der Waals surface area contributed by atoms with E-state index in [-0.39, 0.29) is 25.5 Å². The Morgan fingerprint density at radius 2 is 1.75 bits per heavy atom. The van der Waals surface area contributed by atoms with Gasteiger partial charge in [0.25, 0.3) is 0 Å². The van der Waals surface area contributed by atoms with Crippen LogP contribution in [-0.2, 0) is 14.3 Å². The summed E-state index contributed by atoms with van der Waals surface area (Å²) in [5.41, 5.74) is 1.98. The summed E-state index contributed by atoms with van der Waals surface area (Å²) in [6, 6.07) is 0. The molecule has 0 aliphatic carbocycles. The molecule has 0 saturated carbocycles. The second kappa shape index (κ2) is 10.1. The topological polar surface area (TPSA) is 123 Å². The Bertz CT molecular complexity index is 212. The molecule has 0 aromatic carbocycles. The van der Waals surface area contributed by atoms with Crippen LogP contribution < -0.4 is 16.6 Å². The average Bonchev–Trinajstić information content (AvgIpc) is 2.26. The van der Waals surface area contributed by atoms with Crippen LogP contribution in [0.2, 0.25) is 0 Å². The fourth-order valence-corrected chi connectivity index (χ4v) is 0.789. The molecule has 0 radical (unpaired) electrons. The number of carboxylic acid groups (broad SMARTS) is 1. The minimum atomic E-state index is -1.08. The van der Waals surface area contributed by atoms with Gasteiger partial charge >= 0.3 is 6.09 Å². The molecular weight excluding hydrogens is 218 g/mol. The molecule has 0 bridgehead atoms. The molecule has 5 N–H and O–H groups in total. The second-order valence-corrected chi connectivity index (χ2v) is 2.77. The van der Waals surface area contributed by atoms with Gasteiger partial charge in [-0.05, 0) is 0 Å². The van der Waals surface area contributed by atoms with Crippen LogP contribution in [0.5, 0.6) is 0 Å². The van der Waals surface area contributed by atoms with Crippen LogP contribution in [-0.4, -0.2) is 50.1 Å². The smallest absolute Gasteiger partial charge is 0.404 e. The molecule has 0 aliphatic heterocycles. The lowest BCUT2D eigenvalue weighted by Gasteiger charge is -2.05. The quantitative estimate of drug-likeness (QED) is 0.170. The van der Waals surface area contributed by atoms with Gasteiger partial charge in [-0.15, -0.1) is 0 Å². The van der Waals surface area contributed by atoms with E-state index < -0.39 is 6.09 Å². The fourth-order valence-electron chi connectivity index (χ4n) is 0.789. The van der Waals surface area contributed by atoms with E-state index >= 15 is 0 Å². The van der Waals surface area contributed by atoms with Crippen molar-refractivity contribution in [3.63, 3.8) is 0 Å². The molecule has 8 heteroatoms. The Labute approximate surface area is 93.0 Å². The number of rotatable bonds is 9. The third-order valence-corrected chi connectivity index (χ3v) is 1.53. The molecule has 16 heavy (non-hydrogen) atoms. The Hall–Kier alpha value is -1.38. The highest BCUT2D eigenvalue weighted by atomic mass is 16.5. The second-order valence-electron chi connectivity index (χ2n) is 2.77. The molecule has 0 atom stereocenters. The van der Waals surface area contributed by atoms with Crippen LogP contribution in [0, 0.1) is 0 Å². The third-order valence-electron chi connectivity index (χ3n) is 1.53. The number of carbonyl (C=O) groups is 2. The molecule has 0 unspecified atom stereocenters. The van der Waals surface area contributed by atoms with Gasteiger partial charge in [0.05, 0.1) is 32.8 Å². The molecule has 8 nitrogen and oxygen atoms in total. The summed E-state index contributed by atoms with van der Waals surface area (Å²) in [5.74, 6) is 4.57. The van der Waals surface area contributed by atoms with Crippen LogP contribution in [0.3, 0.4) is 0 Å². The zero-order valence-electron chi connectivity index (χ0n) is 8.90. The van der Waals surface area contributed by atoms with Crippen molar-refractivity contribution in [1.29, 1.82) is 0 Å². The number of hydrazine groups is 1. The summed E-state index contributed by atoms with van der Waals surface area (Å²) in [6.45, 7) is 1.51. The SMILES string of the molecule is NNC(=O)CCOCCOCCNC(=O)O. The normalized spacial score (nSPS) is 9.81. The summed E-state index contributed by atoms with van der Waals surface area (Å²) < 4.78 is 10.1. The standard InChI is InChI=1S/C8H17N3O5/c9-11-7(12)1-3-15-5-6-16-4-2-10-8(13)14/h10H,1-6,9H2,(H,11,12)(H,13,14). The first-order valence-corrected chi connectivity index (χ1v) is 4.78. The molecule has 0 spiro atoms. The van der Waals surface area contributed by atoms with E-state index in [0.29, 0.717) is 19.8 Å². The zero-order chi connectivity index (χ0) is 12.2. The summed E-state index contributed by atoms with van der Waals surface area (Å²) in [5, 5.41) is 10.4. The first-order chi connectivity index (χ1) is 7.66. The van der Waals surface area contributed by atoms with Gasteiger partial charge in [0.1, 0.15) is 0 Å². The highest BCUT2D eigenvalue weighted by molar-refractivity contribution is 5.75. The number of ether oxygens (including phenoxy) is 2.